The van der Waals surface area contributed by atoms with Gasteiger partial charge in [0.05, 0.1) is 11.9 Å². The smallest absolute Gasteiger partial charge is 0.313 e. The van der Waals surface area contributed by atoms with E-state index < -0.39 is 17.2 Å². The third-order valence-electron chi connectivity index (χ3n) is 4.41. The van der Waals surface area contributed by atoms with Crippen LogP contribution in [0.2, 0.25) is 0 Å². The molecule has 2 aromatic heterocycles. The first-order valence-corrected chi connectivity index (χ1v) is 7.99. The van der Waals surface area contributed by atoms with Crippen molar-refractivity contribution in [2.75, 3.05) is 5.32 Å². The van der Waals surface area contributed by atoms with Crippen molar-refractivity contribution < 1.29 is 4.79 Å². The van der Waals surface area contributed by atoms with Crippen LogP contribution in [0.25, 0.3) is 11.3 Å². The highest BCUT2D eigenvalue weighted by molar-refractivity contribution is 6.01. The van der Waals surface area contributed by atoms with E-state index >= 15 is 0 Å². The molecule has 0 spiro atoms. The Labute approximate surface area is 149 Å². The highest BCUT2D eigenvalue weighted by Crippen LogP contribution is 2.24. The van der Waals surface area contributed by atoms with Crippen molar-refractivity contribution in [1.82, 2.24) is 19.1 Å². The molecule has 0 fully saturated rings. The van der Waals surface area contributed by atoms with Crippen molar-refractivity contribution in [1.29, 1.82) is 0 Å². The van der Waals surface area contributed by atoms with Gasteiger partial charge in [-0.1, -0.05) is 12.1 Å². The van der Waals surface area contributed by atoms with Crippen molar-refractivity contribution in [3.63, 3.8) is 0 Å². The molecule has 134 valence electrons. The standard InChI is InChI=1S/C18H19N5O3/c1-10-5-6-12(7-11(10)2)14-9-19-17(22(14)3)21-16(25)13-8-15(24)23(4)18(26)20-13/h5-9H,1-4H3,(H,20,26)(H,19,21,25). The summed E-state index contributed by atoms with van der Waals surface area (Å²) in [7, 11) is 3.11. The molecule has 0 aliphatic heterocycles. The van der Waals surface area contributed by atoms with Crippen LogP contribution in [0.4, 0.5) is 5.95 Å². The SMILES string of the molecule is Cc1ccc(-c2cnc(NC(=O)c3cc(=O)n(C)c(=O)[nH]3)n2C)cc1C. The predicted octanol–water partition coefficient (Wildman–Crippen LogP) is 1.34. The van der Waals surface area contributed by atoms with Crippen LogP contribution in [0.3, 0.4) is 0 Å². The Morgan fingerprint density at radius 1 is 1.08 bits per heavy atom. The monoisotopic (exact) mass is 353 g/mol. The van der Waals surface area contributed by atoms with E-state index in [1.807, 2.05) is 26.0 Å². The van der Waals surface area contributed by atoms with Crippen LogP contribution >= 0.6 is 0 Å². The second-order valence-corrected chi connectivity index (χ2v) is 6.16. The highest BCUT2D eigenvalue weighted by Gasteiger charge is 2.15. The third-order valence-corrected chi connectivity index (χ3v) is 4.41. The van der Waals surface area contributed by atoms with Crippen LogP contribution in [0.1, 0.15) is 21.6 Å². The summed E-state index contributed by atoms with van der Waals surface area (Å²) in [5, 5.41) is 2.61. The Morgan fingerprint density at radius 3 is 2.46 bits per heavy atom. The van der Waals surface area contributed by atoms with Crippen LogP contribution < -0.4 is 16.6 Å². The Balaban J connectivity index is 1.91. The second-order valence-electron chi connectivity index (χ2n) is 6.16. The number of H-pyrrole nitrogens is 1. The molecule has 26 heavy (non-hydrogen) atoms. The van der Waals surface area contributed by atoms with Crippen molar-refractivity contribution in [3.8, 4) is 11.3 Å². The Morgan fingerprint density at radius 2 is 1.81 bits per heavy atom. The quantitative estimate of drug-likeness (QED) is 0.742. The van der Waals surface area contributed by atoms with Crippen LogP contribution in [-0.4, -0.2) is 25.0 Å². The third kappa shape index (κ3) is 3.08. The summed E-state index contributed by atoms with van der Waals surface area (Å²) in [6.07, 6.45) is 1.66. The summed E-state index contributed by atoms with van der Waals surface area (Å²) < 4.78 is 2.62. The molecule has 1 amide bonds. The number of benzene rings is 1. The summed E-state index contributed by atoms with van der Waals surface area (Å²) in [5.41, 5.74) is 2.83. The van der Waals surface area contributed by atoms with Gasteiger partial charge in [-0.25, -0.2) is 9.78 Å². The van der Waals surface area contributed by atoms with E-state index in [1.165, 1.54) is 12.6 Å². The minimum atomic E-state index is -0.654. The van der Waals surface area contributed by atoms with Gasteiger partial charge in [-0.3, -0.25) is 19.5 Å². The number of nitrogens with one attached hydrogen (secondary N) is 2. The zero-order chi connectivity index (χ0) is 19.0. The van der Waals surface area contributed by atoms with Gasteiger partial charge in [-0.05, 0) is 31.0 Å². The van der Waals surface area contributed by atoms with Gasteiger partial charge in [0.1, 0.15) is 5.69 Å². The van der Waals surface area contributed by atoms with Crippen molar-refractivity contribution in [2.24, 2.45) is 14.1 Å². The molecule has 0 atom stereocenters. The van der Waals surface area contributed by atoms with E-state index in [9.17, 15) is 14.4 Å². The highest BCUT2D eigenvalue weighted by atomic mass is 16.2. The van der Waals surface area contributed by atoms with Gasteiger partial charge in [0.2, 0.25) is 5.95 Å². The normalized spacial score (nSPS) is 10.8. The zero-order valence-electron chi connectivity index (χ0n) is 15.0. The van der Waals surface area contributed by atoms with E-state index in [1.54, 1.807) is 17.8 Å². The number of aryl methyl sites for hydroxylation is 2. The first kappa shape index (κ1) is 17.4. The van der Waals surface area contributed by atoms with Gasteiger partial charge in [0, 0.05) is 25.7 Å². The molecule has 3 rings (SSSR count). The fourth-order valence-corrected chi connectivity index (χ4v) is 2.54. The molecule has 0 saturated heterocycles. The summed E-state index contributed by atoms with van der Waals surface area (Å²) >= 11 is 0. The molecule has 0 unspecified atom stereocenters. The number of anilines is 1. The van der Waals surface area contributed by atoms with Gasteiger partial charge < -0.3 is 9.55 Å². The molecular formula is C18H19N5O3. The topological polar surface area (TPSA) is 102 Å². The van der Waals surface area contributed by atoms with E-state index in [0.29, 0.717) is 5.95 Å². The molecule has 8 heteroatoms. The van der Waals surface area contributed by atoms with E-state index in [4.69, 9.17) is 0 Å². The maximum atomic E-state index is 12.3. The first-order chi connectivity index (χ1) is 12.3. The molecule has 3 aromatic rings. The molecule has 2 heterocycles. The predicted molar refractivity (Wildman–Crippen MR) is 98.4 cm³/mol. The second kappa shape index (κ2) is 6.47. The number of carbonyl (C=O) groups is 1. The molecule has 0 radical (unpaired) electrons. The molecule has 0 bridgehead atoms. The van der Waals surface area contributed by atoms with Crippen LogP contribution in [-0.2, 0) is 14.1 Å². The number of carbonyl (C=O) groups excluding carboxylic acids is 1. The molecule has 0 saturated carbocycles. The molecule has 0 aliphatic rings. The number of nitrogens with zero attached hydrogens (tertiary/aromatic N) is 3. The lowest BCUT2D eigenvalue weighted by molar-refractivity contribution is 0.102. The summed E-state index contributed by atoms with van der Waals surface area (Å²) in [6.45, 7) is 4.07. The van der Waals surface area contributed by atoms with Crippen LogP contribution in [0.15, 0.2) is 40.1 Å². The lowest BCUT2D eigenvalue weighted by Crippen LogP contribution is -2.35. The summed E-state index contributed by atoms with van der Waals surface area (Å²) in [4.78, 5) is 42.3. The number of hydrogen-bond donors (Lipinski definition) is 2. The number of imidazole rings is 1. The van der Waals surface area contributed by atoms with Crippen molar-refractivity contribution >= 4 is 11.9 Å². The van der Waals surface area contributed by atoms with Crippen LogP contribution in [0.5, 0.6) is 0 Å². The number of aromatic amines is 1. The molecule has 1 aromatic carbocycles. The Bertz CT molecular complexity index is 1090. The lowest BCUT2D eigenvalue weighted by atomic mass is 10.0. The van der Waals surface area contributed by atoms with E-state index in [2.05, 4.69) is 21.4 Å². The fraction of sp³-hybridized carbons (Fsp3) is 0.222. The number of amides is 1. The van der Waals surface area contributed by atoms with Gasteiger partial charge in [0.15, 0.2) is 0 Å². The minimum absolute atomic E-state index is 0.117. The lowest BCUT2D eigenvalue weighted by Gasteiger charge is -2.09. The van der Waals surface area contributed by atoms with Gasteiger partial charge in [0.25, 0.3) is 11.5 Å². The largest absolute Gasteiger partial charge is 0.328 e. The average Bonchev–Trinajstić information content (AvgIpc) is 2.95. The van der Waals surface area contributed by atoms with Gasteiger partial charge in [-0.15, -0.1) is 0 Å². The maximum absolute atomic E-state index is 12.3. The molecular weight excluding hydrogens is 334 g/mol. The first-order valence-electron chi connectivity index (χ1n) is 7.99. The summed E-state index contributed by atoms with van der Waals surface area (Å²) in [6, 6.07) is 7.14. The Hall–Kier alpha value is -3.42. The molecule has 2 N–H and O–H groups in total. The maximum Gasteiger partial charge on any atom is 0.328 e. The van der Waals surface area contributed by atoms with Gasteiger partial charge >= 0.3 is 5.69 Å². The molecule has 8 nitrogen and oxygen atoms in total. The fourth-order valence-electron chi connectivity index (χ4n) is 2.54. The average molecular weight is 353 g/mol. The minimum Gasteiger partial charge on any atom is -0.313 e. The van der Waals surface area contributed by atoms with E-state index in [-0.39, 0.29) is 5.69 Å². The zero-order valence-corrected chi connectivity index (χ0v) is 15.0. The number of aromatic nitrogens is 4. The Kier molecular flexibility index (Phi) is 4.33. The summed E-state index contributed by atoms with van der Waals surface area (Å²) in [5.74, 6) is -0.301. The molecule has 0 aliphatic carbocycles. The van der Waals surface area contributed by atoms with Crippen LogP contribution in [0, 0.1) is 13.8 Å². The van der Waals surface area contributed by atoms with Crippen molar-refractivity contribution in [2.45, 2.75) is 13.8 Å². The number of hydrogen-bond acceptors (Lipinski definition) is 4. The number of rotatable bonds is 3. The van der Waals surface area contributed by atoms with E-state index in [0.717, 1.165) is 27.5 Å². The van der Waals surface area contributed by atoms with Crippen molar-refractivity contribution in [3.05, 3.63) is 68.1 Å². The van der Waals surface area contributed by atoms with Gasteiger partial charge in [-0.2, -0.15) is 0 Å².